The molecule has 0 spiro atoms. The predicted molar refractivity (Wildman–Crippen MR) is 74.6 cm³/mol. The van der Waals surface area contributed by atoms with Crippen molar-refractivity contribution in [3.8, 4) is 5.69 Å². The van der Waals surface area contributed by atoms with Crippen LogP contribution < -0.4 is 0 Å². The fraction of sp³-hybridized carbons (Fsp3) is 0.167. The summed E-state index contributed by atoms with van der Waals surface area (Å²) in [6.45, 7) is 2.02. The van der Waals surface area contributed by atoms with Crippen LogP contribution in [0, 0.1) is 0 Å². The number of hydrogen-bond donors (Lipinski definition) is 0. The number of imidazole rings is 1. The lowest BCUT2D eigenvalue weighted by molar-refractivity contribution is 0.0520. The van der Waals surface area contributed by atoms with Gasteiger partial charge < -0.3 is 9.30 Å². The Kier molecular flexibility index (Phi) is 4.34. The molecule has 4 nitrogen and oxygen atoms in total. The van der Waals surface area contributed by atoms with Gasteiger partial charge in [-0.2, -0.15) is 0 Å². The summed E-state index contributed by atoms with van der Waals surface area (Å²) in [5.41, 5.74) is 0.781. The van der Waals surface area contributed by atoms with E-state index in [1.807, 2.05) is 0 Å². The molecule has 2 aromatic rings. The van der Waals surface area contributed by atoms with E-state index in [0.717, 1.165) is 0 Å². The highest BCUT2D eigenvalue weighted by Crippen LogP contribution is 2.31. The maximum absolute atomic E-state index is 11.5. The van der Waals surface area contributed by atoms with E-state index in [-0.39, 0.29) is 5.69 Å². The van der Waals surface area contributed by atoms with Crippen molar-refractivity contribution in [3.05, 3.63) is 45.4 Å². The standard InChI is InChI=1S/C12H9Cl3N2O2/c1-2-19-12(18)10-5-17(6-16-10)11-4-8(14)7(13)3-9(11)15/h3-6H,2H2,1H3. The lowest BCUT2D eigenvalue weighted by atomic mass is 10.3. The molecule has 0 fully saturated rings. The quantitative estimate of drug-likeness (QED) is 0.634. The lowest BCUT2D eigenvalue weighted by Crippen LogP contribution is -2.04. The molecule has 1 aromatic heterocycles. The van der Waals surface area contributed by atoms with Gasteiger partial charge in [-0.25, -0.2) is 9.78 Å². The highest BCUT2D eigenvalue weighted by atomic mass is 35.5. The number of carbonyl (C=O) groups is 1. The normalized spacial score (nSPS) is 10.5. The van der Waals surface area contributed by atoms with Crippen LogP contribution in [0.15, 0.2) is 24.7 Å². The van der Waals surface area contributed by atoms with E-state index in [2.05, 4.69) is 4.98 Å². The number of hydrogen-bond acceptors (Lipinski definition) is 3. The number of ether oxygens (including phenoxy) is 1. The Hall–Kier alpha value is -1.23. The molecule has 0 aliphatic rings. The molecular formula is C12H9Cl3N2O2. The van der Waals surface area contributed by atoms with Gasteiger partial charge in [0, 0.05) is 6.20 Å². The third-order valence-electron chi connectivity index (χ3n) is 2.34. The summed E-state index contributed by atoms with van der Waals surface area (Å²) in [7, 11) is 0. The molecule has 0 amide bonds. The van der Waals surface area contributed by atoms with Crippen molar-refractivity contribution in [2.45, 2.75) is 6.92 Å². The van der Waals surface area contributed by atoms with E-state index < -0.39 is 5.97 Å². The number of carbonyl (C=O) groups excluding carboxylic acids is 1. The van der Waals surface area contributed by atoms with Crippen LogP contribution in [0.2, 0.25) is 15.1 Å². The fourth-order valence-electron chi connectivity index (χ4n) is 1.47. The van der Waals surface area contributed by atoms with E-state index in [4.69, 9.17) is 39.5 Å². The topological polar surface area (TPSA) is 44.1 Å². The van der Waals surface area contributed by atoms with Gasteiger partial charge in [0.15, 0.2) is 5.69 Å². The van der Waals surface area contributed by atoms with E-state index >= 15 is 0 Å². The van der Waals surface area contributed by atoms with Crippen molar-refractivity contribution in [1.29, 1.82) is 0 Å². The van der Waals surface area contributed by atoms with Gasteiger partial charge in [0.2, 0.25) is 0 Å². The zero-order chi connectivity index (χ0) is 14.0. The highest BCUT2D eigenvalue weighted by Gasteiger charge is 2.13. The number of halogens is 3. The van der Waals surface area contributed by atoms with Gasteiger partial charge in [0.25, 0.3) is 0 Å². The lowest BCUT2D eigenvalue weighted by Gasteiger charge is -2.06. The average Bonchev–Trinajstić information content (AvgIpc) is 2.83. The van der Waals surface area contributed by atoms with E-state index in [1.54, 1.807) is 17.6 Å². The summed E-state index contributed by atoms with van der Waals surface area (Å²) in [4.78, 5) is 15.5. The molecule has 0 aliphatic heterocycles. The molecule has 19 heavy (non-hydrogen) atoms. The van der Waals surface area contributed by atoms with Crippen LogP contribution in [-0.2, 0) is 4.74 Å². The van der Waals surface area contributed by atoms with Crippen molar-refractivity contribution in [3.63, 3.8) is 0 Å². The van der Waals surface area contributed by atoms with Crippen LogP contribution in [0.1, 0.15) is 17.4 Å². The molecular weight excluding hydrogens is 311 g/mol. The summed E-state index contributed by atoms with van der Waals surface area (Å²) in [6.07, 6.45) is 2.97. The van der Waals surface area contributed by atoms with Crippen molar-refractivity contribution in [1.82, 2.24) is 9.55 Å². The number of benzene rings is 1. The highest BCUT2D eigenvalue weighted by molar-refractivity contribution is 6.43. The minimum absolute atomic E-state index is 0.198. The first-order valence-electron chi connectivity index (χ1n) is 5.39. The zero-order valence-corrected chi connectivity index (χ0v) is 12.1. The molecule has 0 saturated carbocycles. The van der Waals surface area contributed by atoms with E-state index in [9.17, 15) is 4.79 Å². The van der Waals surface area contributed by atoms with Crippen molar-refractivity contribution in [2.75, 3.05) is 6.61 Å². The van der Waals surface area contributed by atoms with Crippen LogP contribution >= 0.6 is 34.8 Å². The minimum atomic E-state index is -0.488. The first-order valence-corrected chi connectivity index (χ1v) is 6.52. The summed E-state index contributed by atoms with van der Waals surface area (Å²) in [5.74, 6) is -0.488. The molecule has 0 radical (unpaired) electrons. The second kappa shape index (κ2) is 5.82. The van der Waals surface area contributed by atoms with Crippen molar-refractivity contribution >= 4 is 40.8 Å². The van der Waals surface area contributed by atoms with Gasteiger partial charge in [-0.05, 0) is 19.1 Å². The van der Waals surface area contributed by atoms with Gasteiger partial charge in [-0.1, -0.05) is 34.8 Å². The van der Waals surface area contributed by atoms with Crippen LogP contribution in [0.4, 0.5) is 0 Å². The predicted octanol–water partition coefficient (Wildman–Crippen LogP) is 4.01. The van der Waals surface area contributed by atoms with Gasteiger partial charge in [0.1, 0.15) is 6.33 Å². The molecule has 0 unspecified atom stereocenters. The number of aromatic nitrogens is 2. The number of esters is 1. The maximum Gasteiger partial charge on any atom is 0.358 e. The summed E-state index contributed by atoms with van der Waals surface area (Å²) >= 11 is 17.9. The van der Waals surface area contributed by atoms with Crippen LogP contribution in [-0.4, -0.2) is 22.1 Å². The first-order chi connectivity index (χ1) is 9.02. The Morgan fingerprint density at radius 1 is 1.26 bits per heavy atom. The molecule has 1 aromatic carbocycles. The smallest absolute Gasteiger partial charge is 0.358 e. The minimum Gasteiger partial charge on any atom is -0.461 e. The van der Waals surface area contributed by atoms with Crippen molar-refractivity contribution in [2.24, 2.45) is 0 Å². The Morgan fingerprint density at radius 3 is 2.63 bits per heavy atom. The van der Waals surface area contributed by atoms with Crippen molar-refractivity contribution < 1.29 is 9.53 Å². The van der Waals surface area contributed by atoms with Crippen LogP contribution in [0.5, 0.6) is 0 Å². The number of rotatable bonds is 3. The largest absolute Gasteiger partial charge is 0.461 e. The van der Waals surface area contributed by atoms with Gasteiger partial charge in [-0.15, -0.1) is 0 Å². The van der Waals surface area contributed by atoms with Crippen LogP contribution in [0.25, 0.3) is 5.69 Å². The number of nitrogens with zero attached hydrogens (tertiary/aromatic N) is 2. The molecule has 100 valence electrons. The SMILES string of the molecule is CCOC(=O)c1cn(-c2cc(Cl)c(Cl)cc2Cl)cn1. The molecule has 2 rings (SSSR count). The Balaban J connectivity index is 2.38. The molecule has 0 saturated heterocycles. The van der Waals surface area contributed by atoms with E-state index in [1.165, 1.54) is 18.6 Å². The monoisotopic (exact) mass is 318 g/mol. The maximum atomic E-state index is 11.5. The average molecular weight is 320 g/mol. The van der Waals surface area contributed by atoms with Crippen LogP contribution in [0.3, 0.4) is 0 Å². The summed E-state index contributed by atoms with van der Waals surface area (Å²) < 4.78 is 6.44. The zero-order valence-electron chi connectivity index (χ0n) is 9.86. The van der Waals surface area contributed by atoms with Gasteiger partial charge in [0.05, 0.1) is 27.4 Å². The van der Waals surface area contributed by atoms with Gasteiger partial charge >= 0.3 is 5.97 Å². The molecule has 0 atom stereocenters. The molecule has 0 bridgehead atoms. The third-order valence-corrected chi connectivity index (χ3v) is 3.36. The molecule has 0 N–H and O–H groups in total. The molecule has 7 heteroatoms. The van der Waals surface area contributed by atoms with Gasteiger partial charge in [-0.3, -0.25) is 0 Å². The Bertz CT molecular complexity index is 625. The second-order valence-electron chi connectivity index (χ2n) is 3.60. The second-order valence-corrected chi connectivity index (χ2v) is 4.83. The summed E-state index contributed by atoms with van der Waals surface area (Å²) in [5, 5.41) is 1.14. The summed E-state index contributed by atoms with van der Waals surface area (Å²) in [6, 6.07) is 3.13. The Labute approximate surface area is 124 Å². The van der Waals surface area contributed by atoms with E-state index in [0.29, 0.717) is 27.4 Å². The molecule has 1 heterocycles. The Morgan fingerprint density at radius 2 is 1.95 bits per heavy atom. The third kappa shape index (κ3) is 3.03. The fourth-order valence-corrected chi connectivity index (χ4v) is 2.11. The first kappa shape index (κ1) is 14.2. The molecule has 0 aliphatic carbocycles.